The molecule has 0 aliphatic rings. The molecule has 1 atom stereocenters. The average Bonchev–Trinajstić information content (AvgIpc) is 2.16. The molecular formula is C9H9NO2. The van der Waals surface area contributed by atoms with Crippen molar-refractivity contribution in [3.63, 3.8) is 0 Å². The van der Waals surface area contributed by atoms with E-state index in [2.05, 4.69) is 0 Å². The Morgan fingerprint density at radius 2 is 2.08 bits per heavy atom. The molecule has 62 valence electrons. The Balaban J connectivity index is 3.07. The lowest BCUT2D eigenvalue weighted by atomic mass is 10.0. The van der Waals surface area contributed by atoms with Crippen LogP contribution in [0, 0.1) is 11.3 Å². The van der Waals surface area contributed by atoms with E-state index >= 15 is 0 Å². The average molecular weight is 163 g/mol. The first-order chi connectivity index (χ1) is 5.79. The number of aliphatic hydroxyl groups is 2. The van der Waals surface area contributed by atoms with E-state index in [0.717, 1.165) is 0 Å². The molecule has 2 N–H and O–H groups in total. The molecule has 0 saturated carbocycles. The van der Waals surface area contributed by atoms with E-state index in [1.807, 2.05) is 6.07 Å². The topological polar surface area (TPSA) is 64.2 Å². The number of aliphatic hydroxyl groups excluding tert-OH is 2. The third kappa shape index (κ3) is 1.62. The third-order valence-corrected chi connectivity index (χ3v) is 1.61. The Morgan fingerprint density at radius 3 is 2.67 bits per heavy atom. The molecule has 0 heterocycles. The SMILES string of the molecule is N#Cc1ccccc1C(O)CO. The van der Waals surface area contributed by atoms with E-state index in [0.29, 0.717) is 11.1 Å². The molecule has 0 fully saturated rings. The molecule has 0 amide bonds. The van der Waals surface area contributed by atoms with Gasteiger partial charge in [0, 0.05) is 5.56 Å². The van der Waals surface area contributed by atoms with E-state index in [1.165, 1.54) is 0 Å². The van der Waals surface area contributed by atoms with E-state index < -0.39 is 6.10 Å². The predicted octanol–water partition coefficient (Wildman–Crippen LogP) is 0.584. The van der Waals surface area contributed by atoms with Gasteiger partial charge < -0.3 is 10.2 Å². The highest BCUT2D eigenvalue weighted by Crippen LogP contribution is 2.15. The summed E-state index contributed by atoms with van der Waals surface area (Å²) >= 11 is 0. The smallest absolute Gasteiger partial charge is 0.103 e. The first-order valence-corrected chi connectivity index (χ1v) is 3.57. The largest absolute Gasteiger partial charge is 0.393 e. The van der Waals surface area contributed by atoms with Gasteiger partial charge in [-0.1, -0.05) is 18.2 Å². The molecular weight excluding hydrogens is 154 g/mol. The highest BCUT2D eigenvalue weighted by molar-refractivity contribution is 5.38. The Kier molecular flexibility index (Phi) is 2.81. The minimum absolute atomic E-state index is 0.362. The van der Waals surface area contributed by atoms with E-state index in [1.54, 1.807) is 24.3 Å². The molecule has 0 aliphatic carbocycles. The number of nitriles is 1. The highest BCUT2D eigenvalue weighted by atomic mass is 16.3. The van der Waals surface area contributed by atoms with Crippen LogP contribution in [-0.4, -0.2) is 16.8 Å². The Labute approximate surface area is 70.5 Å². The minimum atomic E-state index is -0.958. The van der Waals surface area contributed by atoms with Crippen molar-refractivity contribution in [1.29, 1.82) is 5.26 Å². The van der Waals surface area contributed by atoms with Crippen LogP contribution in [-0.2, 0) is 0 Å². The number of hydrogen-bond acceptors (Lipinski definition) is 3. The lowest BCUT2D eigenvalue weighted by Gasteiger charge is -2.07. The zero-order valence-corrected chi connectivity index (χ0v) is 6.44. The maximum absolute atomic E-state index is 9.24. The van der Waals surface area contributed by atoms with Gasteiger partial charge in [0.25, 0.3) is 0 Å². The summed E-state index contributed by atoms with van der Waals surface area (Å²) in [4.78, 5) is 0. The van der Waals surface area contributed by atoms with Gasteiger partial charge in [0.1, 0.15) is 6.10 Å². The Morgan fingerprint density at radius 1 is 1.42 bits per heavy atom. The lowest BCUT2D eigenvalue weighted by molar-refractivity contribution is 0.0954. The van der Waals surface area contributed by atoms with Crippen LogP contribution in [0.5, 0.6) is 0 Å². The van der Waals surface area contributed by atoms with Gasteiger partial charge in [-0.15, -0.1) is 0 Å². The quantitative estimate of drug-likeness (QED) is 0.670. The van der Waals surface area contributed by atoms with Crippen LogP contribution in [0.2, 0.25) is 0 Å². The maximum atomic E-state index is 9.24. The van der Waals surface area contributed by atoms with Gasteiger partial charge in [-0.25, -0.2) is 0 Å². The van der Waals surface area contributed by atoms with Gasteiger partial charge in [0.05, 0.1) is 18.2 Å². The molecule has 0 saturated heterocycles. The molecule has 0 aromatic heterocycles. The number of nitrogens with zero attached hydrogens (tertiary/aromatic N) is 1. The first-order valence-electron chi connectivity index (χ1n) is 3.57. The summed E-state index contributed by atoms with van der Waals surface area (Å²) in [6.07, 6.45) is -0.958. The molecule has 1 aromatic carbocycles. The van der Waals surface area contributed by atoms with E-state index in [-0.39, 0.29) is 6.61 Å². The van der Waals surface area contributed by atoms with Crippen LogP contribution in [0.25, 0.3) is 0 Å². The van der Waals surface area contributed by atoms with Crippen molar-refractivity contribution in [3.05, 3.63) is 35.4 Å². The summed E-state index contributed by atoms with van der Waals surface area (Å²) in [7, 11) is 0. The summed E-state index contributed by atoms with van der Waals surface area (Å²) in [6.45, 7) is -0.362. The molecule has 0 bridgehead atoms. The molecule has 0 aliphatic heterocycles. The van der Waals surface area contributed by atoms with Crippen molar-refractivity contribution in [2.75, 3.05) is 6.61 Å². The van der Waals surface area contributed by atoms with Gasteiger partial charge >= 0.3 is 0 Å². The van der Waals surface area contributed by atoms with Crippen LogP contribution in [0.1, 0.15) is 17.2 Å². The van der Waals surface area contributed by atoms with E-state index in [9.17, 15) is 5.11 Å². The molecule has 0 radical (unpaired) electrons. The number of rotatable bonds is 2. The predicted molar refractivity (Wildman–Crippen MR) is 43.2 cm³/mol. The fourth-order valence-electron chi connectivity index (χ4n) is 0.988. The molecule has 0 spiro atoms. The second-order valence-corrected chi connectivity index (χ2v) is 2.40. The van der Waals surface area contributed by atoms with E-state index in [4.69, 9.17) is 10.4 Å². The monoisotopic (exact) mass is 163 g/mol. The highest BCUT2D eigenvalue weighted by Gasteiger charge is 2.09. The standard InChI is InChI=1S/C9H9NO2/c10-5-7-3-1-2-4-8(7)9(12)6-11/h1-4,9,11-12H,6H2. The zero-order valence-electron chi connectivity index (χ0n) is 6.44. The second kappa shape index (κ2) is 3.86. The van der Waals surface area contributed by atoms with Crippen molar-refractivity contribution in [3.8, 4) is 6.07 Å². The van der Waals surface area contributed by atoms with Crippen LogP contribution < -0.4 is 0 Å². The van der Waals surface area contributed by atoms with Gasteiger partial charge in [-0.2, -0.15) is 5.26 Å². The van der Waals surface area contributed by atoms with Gasteiger partial charge in [-0.3, -0.25) is 0 Å². The summed E-state index contributed by atoms with van der Waals surface area (Å²) in [5.74, 6) is 0. The van der Waals surface area contributed by atoms with Crippen LogP contribution >= 0.6 is 0 Å². The Hall–Kier alpha value is -1.37. The normalized spacial score (nSPS) is 12.1. The van der Waals surface area contributed by atoms with Crippen molar-refractivity contribution in [1.82, 2.24) is 0 Å². The van der Waals surface area contributed by atoms with Gasteiger partial charge in [-0.05, 0) is 6.07 Å². The van der Waals surface area contributed by atoms with Crippen LogP contribution in [0.3, 0.4) is 0 Å². The number of hydrogen-bond donors (Lipinski definition) is 2. The molecule has 12 heavy (non-hydrogen) atoms. The van der Waals surface area contributed by atoms with Gasteiger partial charge in [0.2, 0.25) is 0 Å². The fourth-order valence-corrected chi connectivity index (χ4v) is 0.988. The number of benzene rings is 1. The molecule has 3 heteroatoms. The van der Waals surface area contributed by atoms with Crippen molar-refractivity contribution >= 4 is 0 Å². The Bertz CT molecular complexity index is 304. The van der Waals surface area contributed by atoms with Crippen molar-refractivity contribution < 1.29 is 10.2 Å². The van der Waals surface area contributed by atoms with Crippen LogP contribution in [0.15, 0.2) is 24.3 Å². The molecule has 1 rings (SSSR count). The fraction of sp³-hybridized carbons (Fsp3) is 0.222. The third-order valence-electron chi connectivity index (χ3n) is 1.61. The van der Waals surface area contributed by atoms with Crippen molar-refractivity contribution in [2.45, 2.75) is 6.10 Å². The maximum Gasteiger partial charge on any atom is 0.103 e. The summed E-state index contributed by atoms with van der Waals surface area (Å²) < 4.78 is 0. The summed E-state index contributed by atoms with van der Waals surface area (Å²) in [5, 5.41) is 26.5. The molecule has 1 unspecified atom stereocenters. The van der Waals surface area contributed by atoms with Gasteiger partial charge in [0.15, 0.2) is 0 Å². The lowest BCUT2D eigenvalue weighted by Crippen LogP contribution is -2.04. The summed E-state index contributed by atoms with van der Waals surface area (Å²) in [6, 6.07) is 8.60. The van der Waals surface area contributed by atoms with Crippen LogP contribution in [0.4, 0.5) is 0 Å². The molecule has 1 aromatic rings. The zero-order chi connectivity index (χ0) is 8.97. The summed E-state index contributed by atoms with van der Waals surface area (Å²) in [5.41, 5.74) is 0.876. The second-order valence-electron chi connectivity index (χ2n) is 2.40. The minimum Gasteiger partial charge on any atom is -0.393 e. The first kappa shape index (κ1) is 8.72. The van der Waals surface area contributed by atoms with Crippen molar-refractivity contribution in [2.24, 2.45) is 0 Å². The molecule has 3 nitrogen and oxygen atoms in total.